The predicted molar refractivity (Wildman–Crippen MR) is 155 cm³/mol. The number of ether oxygens (including phenoxy) is 1. The molecule has 15 heteroatoms. The number of pyridine rings is 1. The first-order valence-electron chi connectivity index (χ1n) is 14.4. The monoisotopic (exact) mass is 615 g/mol. The standard InChI is InChI=1S/C30H27F2N9O4/c31-30(32)41-37-26(36-38-41)25(18-4-2-1-3-5-18)39-11-13-40(14-12-39)29(43)22-16-19(8-10-33-22)28-35-21-17-20(6-7-23(21)45-28)34-27(42)24-9-15-44-24/h1-8,10,16-17,24-25,30H,9,11-15H2,(H,34,42)/t24?,25-/m0/s1. The molecule has 1 N–H and O–H groups in total. The number of benzene rings is 2. The van der Waals surface area contributed by atoms with Crippen LogP contribution in [0.5, 0.6) is 0 Å². The fourth-order valence-corrected chi connectivity index (χ4v) is 5.41. The molecule has 2 atom stereocenters. The van der Waals surface area contributed by atoms with Gasteiger partial charge < -0.3 is 19.4 Å². The van der Waals surface area contributed by atoms with Crippen LogP contribution in [0, 0.1) is 0 Å². The van der Waals surface area contributed by atoms with Gasteiger partial charge in [-0.15, -0.1) is 10.2 Å². The third-order valence-electron chi connectivity index (χ3n) is 7.82. The first-order valence-corrected chi connectivity index (χ1v) is 14.4. The van der Waals surface area contributed by atoms with Crippen molar-refractivity contribution in [2.75, 3.05) is 38.1 Å². The van der Waals surface area contributed by atoms with Crippen molar-refractivity contribution >= 4 is 28.6 Å². The average molecular weight is 616 g/mol. The summed E-state index contributed by atoms with van der Waals surface area (Å²) in [4.78, 5) is 38.6. The van der Waals surface area contributed by atoms with E-state index >= 15 is 0 Å². The summed E-state index contributed by atoms with van der Waals surface area (Å²) in [6.07, 6.45) is 1.79. The summed E-state index contributed by atoms with van der Waals surface area (Å²) in [7, 11) is 0. The molecule has 5 heterocycles. The molecule has 2 aliphatic rings. The Morgan fingerprint density at radius 3 is 2.51 bits per heavy atom. The van der Waals surface area contributed by atoms with Gasteiger partial charge in [-0.3, -0.25) is 19.5 Å². The molecule has 5 aromatic rings. The second-order valence-electron chi connectivity index (χ2n) is 10.7. The van der Waals surface area contributed by atoms with Crippen molar-refractivity contribution in [3.05, 3.63) is 83.9 Å². The lowest BCUT2D eigenvalue weighted by Gasteiger charge is -2.38. The number of halogens is 2. The minimum absolute atomic E-state index is 0.163. The van der Waals surface area contributed by atoms with Crippen LogP contribution in [0.25, 0.3) is 22.6 Å². The highest BCUT2D eigenvalue weighted by Crippen LogP contribution is 2.29. The maximum atomic E-state index is 13.5. The Bertz CT molecular complexity index is 1840. The minimum atomic E-state index is -2.90. The topological polar surface area (TPSA) is 144 Å². The van der Waals surface area contributed by atoms with Gasteiger partial charge in [-0.25, -0.2) is 4.98 Å². The van der Waals surface area contributed by atoms with Crippen molar-refractivity contribution in [3.8, 4) is 11.5 Å². The number of fused-ring (bicyclic) bond motifs is 1. The summed E-state index contributed by atoms with van der Waals surface area (Å²) in [5.41, 5.74) is 3.30. The van der Waals surface area contributed by atoms with Gasteiger partial charge in [0.15, 0.2) is 11.4 Å². The Kier molecular flexibility index (Phi) is 7.69. The Hall–Kier alpha value is -5.15. The minimum Gasteiger partial charge on any atom is -0.436 e. The SMILES string of the molecule is O=C(Nc1ccc2oc(-c3ccnc(C(=O)N4CCN([C@@H](c5ccccc5)c5nnn(C(F)F)n5)CC4)c3)nc2c1)C1CCO1. The lowest BCUT2D eigenvalue weighted by atomic mass is 10.0. The van der Waals surface area contributed by atoms with E-state index in [9.17, 15) is 18.4 Å². The highest BCUT2D eigenvalue weighted by molar-refractivity contribution is 5.96. The number of carbonyl (C=O) groups is 2. The largest absolute Gasteiger partial charge is 0.436 e. The van der Waals surface area contributed by atoms with Gasteiger partial charge in [-0.05, 0) is 41.1 Å². The maximum absolute atomic E-state index is 13.5. The molecule has 0 radical (unpaired) electrons. The zero-order valence-electron chi connectivity index (χ0n) is 23.8. The Morgan fingerprint density at radius 1 is 1.00 bits per heavy atom. The van der Waals surface area contributed by atoms with Gasteiger partial charge >= 0.3 is 6.55 Å². The third-order valence-corrected chi connectivity index (χ3v) is 7.82. The third kappa shape index (κ3) is 5.86. The van der Waals surface area contributed by atoms with E-state index in [0.717, 1.165) is 5.56 Å². The first kappa shape index (κ1) is 28.6. The molecule has 2 aromatic carbocycles. The van der Waals surface area contributed by atoms with Crippen LogP contribution in [0.2, 0.25) is 0 Å². The van der Waals surface area contributed by atoms with Gasteiger partial charge in [-0.2, -0.15) is 8.78 Å². The Morgan fingerprint density at radius 2 is 1.80 bits per heavy atom. The molecule has 0 bridgehead atoms. The lowest BCUT2D eigenvalue weighted by molar-refractivity contribution is -0.139. The van der Waals surface area contributed by atoms with Crippen molar-refractivity contribution in [1.82, 2.24) is 40.0 Å². The number of piperazine rings is 1. The van der Waals surface area contributed by atoms with Crippen molar-refractivity contribution in [2.45, 2.75) is 25.1 Å². The summed E-state index contributed by atoms with van der Waals surface area (Å²) in [5.74, 6) is 0.0195. The fourth-order valence-electron chi connectivity index (χ4n) is 5.41. The molecule has 45 heavy (non-hydrogen) atoms. The number of aromatic nitrogens is 6. The molecule has 0 aliphatic carbocycles. The number of rotatable bonds is 8. The molecular weight excluding hydrogens is 588 g/mol. The Labute approximate surface area is 254 Å². The lowest BCUT2D eigenvalue weighted by Crippen LogP contribution is -2.50. The van der Waals surface area contributed by atoms with Gasteiger partial charge in [0.05, 0.1) is 12.6 Å². The van der Waals surface area contributed by atoms with Gasteiger partial charge in [0.2, 0.25) is 5.89 Å². The molecular formula is C30H27F2N9O4. The number of amides is 2. The van der Waals surface area contributed by atoms with Crippen LogP contribution in [0.1, 0.15) is 40.9 Å². The van der Waals surface area contributed by atoms with Crippen molar-refractivity contribution < 1.29 is 27.5 Å². The molecule has 230 valence electrons. The molecule has 0 saturated carbocycles. The van der Waals surface area contributed by atoms with E-state index in [0.29, 0.717) is 72.2 Å². The van der Waals surface area contributed by atoms with Crippen LogP contribution in [0.3, 0.4) is 0 Å². The van der Waals surface area contributed by atoms with Crippen molar-refractivity contribution in [1.29, 1.82) is 0 Å². The van der Waals surface area contributed by atoms with Gasteiger partial charge in [0.1, 0.15) is 17.3 Å². The number of hydrogen-bond donors (Lipinski definition) is 1. The van der Waals surface area contributed by atoms with Crippen LogP contribution >= 0.6 is 0 Å². The number of nitrogens with zero attached hydrogens (tertiary/aromatic N) is 8. The molecule has 1 unspecified atom stereocenters. The van der Waals surface area contributed by atoms with Crippen LogP contribution in [-0.2, 0) is 9.53 Å². The van der Waals surface area contributed by atoms with E-state index in [2.05, 4.69) is 30.7 Å². The highest BCUT2D eigenvalue weighted by Gasteiger charge is 2.32. The maximum Gasteiger partial charge on any atom is 0.350 e. The van der Waals surface area contributed by atoms with E-state index in [1.165, 1.54) is 6.20 Å². The molecule has 2 amide bonds. The summed E-state index contributed by atoms with van der Waals surface area (Å²) in [5, 5.41) is 14.2. The highest BCUT2D eigenvalue weighted by atomic mass is 19.3. The molecule has 0 spiro atoms. The molecule has 7 rings (SSSR count). The van der Waals surface area contributed by atoms with Gasteiger partial charge in [-0.1, -0.05) is 35.1 Å². The van der Waals surface area contributed by atoms with Crippen molar-refractivity contribution in [2.24, 2.45) is 0 Å². The summed E-state index contributed by atoms with van der Waals surface area (Å²) in [6, 6.07) is 17.4. The van der Waals surface area contributed by atoms with E-state index in [1.807, 2.05) is 35.2 Å². The van der Waals surface area contributed by atoms with E-state index in [4.69, 9.17) is 9.15 Å². The van der Waals surface area contributed by atoms with E-state index < -0.39 is 18.7 Å². The van der Waals surface area contributed by atoms with Crippen molar-refractivity contribution in [3.63, 3.8) is 0 Å². The average Bonchev–Trinajstić information content (AvgIpc) is 3.69. The predicted octanol–water partition coefficient (Wildman–Crippen LogP) is 3.55. The number of nitrogens with one attached hydrogen (secondary N) is 1. The summed E-state index contributed by atoms with van der Waals surface area (Å²) >= 11 is 0. The number of oxazole rings is 1. The Balaban J connectivity index is 1.05. The molecule has 2 fully saturated rings. The quantitative estimate of drug-likeness (QED) is 0.275. The number of anilines is 1. The van der Waals surface area contributed by atoms with Crippen LogP contribution in [-0.4, -0.2) is 90.7 Å². The van der Waals surface area contributed by atoms with Gasteiger partial charge in [0.25, 0.3) is 11.8 Å². The van der Waals surface area contributed by atoms with E-state index in [-0.39, 0.29) is 23.3 Å². The molecule has 13 nitrogen and oxygen atoms in total. The zero-order valence-corrected chi connectivity index (χ0v) is 23.8. The molecule has 3 aromatic heterocycles. The number of tetrazole rings is 1. The molecule has 2 saturated heterocycles. The summed E-state index contributed by atoms with van der Waals surface area (Å²) < 4.78 is 37.5. The van der Waals surface area contributed by atoms with Crippen LogP contribution in [0.4, 0.5) is 14.5 Å². The van der Waals surface area contributed by atoms with Gasteiger partial charge in [0, 0.05) is 50.0 Å². The van der Waals surface area contributed by atoms with E-state index in [1.54, 1.807) is 35.2 Å². The van der Waals surface area contributed by atoms with Crippen LogP contribution in [0.15, 0.2) is 71.3 Å². The second kappa shape index (κ2) is 12.1. The number of hydrogen-bond acceptors (Lipinski definition) is 10. The second-order valence-corrected chi connectivity index (χ2v) is 10.7. The normalized spacial score (nSPS) is 17.8. The smallest absolute Gasteiger partial charge is 0.350 e. The van der Waals surface area contributed by atoms with Crippen LogP contribution < -0.4 is 5.32 Å². The summed E-state index contributed by atoms with van der Waals surface area (Å²) in [6.45, 7) is -0.664. The number of alkyl halides is 2. The molecule has 2 aliphatic heterocycles. The number of carbonyl (C=O) groups excluding carboxylic acids is 2. The fraction of sp³-hybridized carbons (Fsp3) is 0.300. The first-order chi connectivity index (χ1) is 21.9. The zero-order chi connectivity index (χ0) is 30.9.